The number of nitrogens with zero attached hydrogens (tertiary/aromatic N) is 4. The van der Waals surface area contributed by atoms with Crippen LogP contribution in [0.2, 0.25) is 5.02 Å². The Morgan fingerprint density at radius 1 is 1.25 bits per heavy atom. The van der Waals surface area contributed by atoms with Gasteiger partial charge in [-0.05, 0) is 51.0 Å². The van der Waals surface area contributed by atoms with E-state index in [4.69, 9.17) is 21.1 Å². The highest BCUT2D eigenvalue weighted by Crippen LogP contribution is 2.29. The molecular formula is C25H31ClN6O4. The number of nitrogens with one attached hydrogen (secondary N) is 2. The number of carbonyl (C=O) groups is 1. The second-order valence-electron chi connectivity index (χ2n) is 8.93. The van der Waals surface area contributed by atoms with E-state index < -0.39 is 0 Å². The lowest BCUT2D eigenvalue weighted by Gasteiger charge is -2.31. The van der Waals surface area contributed by atoms with E-state index >= 15 is 0 Å². The highest BCUT2D eigenvalue weighted by molar-refractivity contribution is 6.32. The number of hydrogen-bond donors (Lipinski definition) is 2. The molecule has 1 aliphatic rings. The van der Waals surface area contributed by atoms with Crippen LogP contribution in [0.1, 0.15) is 32.7 Å². The summed E-state index contributed by atoms with van der Waals surface area (Å²) < 4.78 is 12.6. The molecule has 4 rings (SSSR count). The largest absolute Gasteiger partial charge is 0.478 e. The maximum absolute atomic E-state index is 13.0. The first kappa shape index (κ1) is 25.7. The summed E-state index contributed by atoms with van der Waals surface area (Å²) >= 11 is 6.42. The molecule has 0 unspecified atom stereocenters. The molecule has 192 valence electrons. The van der Waals surface area contributed by atoms with Crippen LogP contribution in [0.25, 0.3) is 10.9 Å². The van der Waals surface area contributed by atoms with E-state index in [1.807, 2.05) is 32.0 Å². The van der Waals surface area contributed by atoms with Crippen molar-refractivity contribution in [2.24, 2.45) is 0 Å². The van der Waals surface area contributed by atoms with Crippen molar-refractivity contribution in [2.45, 2.75) is 38.8 Å². The molecule has 3 heterocycles. The van der Waals surface area contributed by atoms with Crippen molar-refractivity contribution < 1.29 is 14.3 Å². The average molecular weight is 515 g/mol. The van der Waals surface area contributed by atoms with Gasteiger partial charge in [-0.15, -0.1) is 0 Å². The number of methoxy groups -OCH3 is 1. The number of likely N-dealkylation sites (N-methyl/N-ethyl adjacent to an activating group) is 1. The summed E-state index contributed by atoms with van der Waals surface area (Å²) in [7, 11) is 3.25. The molecule has 11 heteroatoms. The molecule has 0 radical (unpaired) electrons. The quantitative estimate of drug-likeness (QED) is 0.470. The molecule has 2 aromatic heterocycles. The third kappa shape index (κ3) is 5.55. The molecule has 0 atom stereocenters. The molecule has 1 saturated heterocycles. The number of halogens is 1. The standard InChI is InChI=1S/C25H31ClN6O4/c1-15(2)32-20-6-5-17(11-16(20)12-21(24(32)34)36-14-22(33)27-3)29-23-19(26)13-28-25(30-23)31-9-7-18(35-4)8-10-31/h5-6,11-13,15,18H,7-10,14H2,1-4H3,(H,27,33)(H,28,29,30). The number of carbonyl (C=O) groups excluding carboxylic acids is 1. The van der Waals surface area contributed by atoms with Gasteiger partial charge in [0.2, 0.25) is 5.95 Å². The first-order valence-corrected chi connectivity index (χ1v) is 12.3. The number of rotatable bonds is 8. The Labute approximate surface area is 214 Å². The van der Waals surface area contributed by atoms with Gasteiger partial charge in [-0.1, -0.05) is 11.6 Å². The highest BCUT2D eigenvalue weighted by Gasteiger charge is 2.21. The number of piperidine rings is 1. The van der Waals surface area contributed by atoms with Crippen LogP contribution in [0.3, 0.4) is 0 Å². The molecule has 1 aliphatic heterocycles. The maximum atomic E-state index is 13.0. The Bertz CT molecular complexity index is 1300. The Balaban J connectivity index is 1.64. The smallest absolute Gasteiger partial charge is 0.293 e. The van der Waals surface area contributed by atoms with E-state index in [2.05, 4.69) is 25.5 Å². The second-order valence-corrected chi connectivity index (χ2v) is 9.33. The molecule has 1 amide bonds. The van der Waals surface area contributed by atoms with Gasteiger partial charge in [-0.25, -0.2) is 4.98 Å². The fourth-order valence-corrected chi connectivity index (χ4v) is 4.39. The lowest BCUT2D eigenvalue weighted by Crippen LogP contribution is -2.37. The van der Waals surface area contributed by atoms with Gasteiger partial charge in [-0.2, -0.15) is 4.98 Å². The molecule has 3 aromatic rings. The van der Waals surface area contributed by atoms with Crippen LogP contribution in [-0.2, 0) is 9.53 Å². The average Bonchev–Trinajstić information content (AvgIpc) is 2.88. The number of hydrogen-bond acceptors (Lipinski definition) is 8. The van der Waals surface area contributed by atoms with E-state index in [0.29, 0.717) is 16.8 Å². The molecule has 10 nitrogen and oxygen atoms in total. The normalized spacial score (nSPS) is 14.3. The van der Waals surface area contributed by atoms with Gasteiger partial charge in [0, 0.05) is 44.4 Å². The minimum Gasteiger partial charge on any atom is -0.478 e. The van der Waals surface area contributed by atoms with Gasteiger partial charge in [-0.3, -0.25) is 9.59 Å². The zero-order chi connectivity index (χ0) is 25.8. The predicted octanol–water partition coefficient (Wildman–Crippen LogP) is 3.51. The molecular weight excluding hydrogens is 484 g/mol. The fraction of sp³-hybridized carbons (Fsp3) is 0.440. The van der Waals surface area contributed by atoms with E-state index in [1.54, 1.807) is 23.9 Å². The third-order valence-corrected chi connectivity index (χ3v) is 6.49. The number of benzene rings is 1. The zero-order valence-corrected chi connectivity index (χ0v) is 21.6. The van der Waals surface area contributed by atoms with Crippen molar-refractivity contribution in [3.8, 4) is 5.75 Å². The molecule has 1 aromatic carbocycles. The van der Waals surface area contributed by atoms with Crippen molar-refractivity contribution in [3.63, 3.8) is 0 Å². The van der Waals surface area contributed by atoms with Crippen LogP contribution >= 0.6 is 11.6 Å². The van der Waals surface area contributed by atoms with E-state index in [0.717, 1.165) is 42.5 Å². The molecule has 2 N–H and O–H groups in total. The van der Waals surface area contributed by atoms with Crippen molar-refractivity contribution in [2.75, 3.05) is 44.1 Å². The zero-order valence-electron chi connectivity index (χ0n) is 20.9. The highest BCUT2D eigenvalue weighted by atomic mass is 35.5. The topological polar surface area (TPSA) is 111 Å². The lowest BCUT2D eigenvalue weighted by molar-refractivity contribution is -0.122. The van der Waals surface area contributed by atoms with Crippen LogP contribution < -0.4 is 25.8 Å². The van der Waals surface area contributed by atoms with Crippen molar-refractivity contribution in [1.82, 2.24) is 19.9 Å². The monoisotopic (exact) mass is 514 g/mol. The van der Waals surface area contributed by atoms with Crippen LogP contribution in [0.4, 0.5) is 17.5 Å². The SMILES string of the molecule is CNC(=O)COc1cc2cc(Nc3nc(N4CCC(OC)CC4)ncc3Cl)ccc2n(C(C)C)c1=O. The summed E-state index contributed by atoms with van der Waals surface area (Å²) in [4.78, 5) is 35.9. The number of fused-ring (bicyclic) bond motifs is 1. The van der Waals surface area contributed by atoms with Gasteiger partial charge < -0.3 is 29.6 Å². The number of pyridine rings is 1. The number of anilines is 3. The van der Waals surface area contributed by atoms with E-state index in [-0.39, 0.29) is 36.0 Å². The molecule has 36 heavy (non-hydrogen) atoms. The van der Waals surface area contributed by atoms with Crippen molar-refractivity contribution in [1.29, 1.82) is 0 Å². The Morgan fingerprint density at radius 2 is 2.00 bits per heavy atom. The van der Waals surface area contributed by atoms with Crippen LogP contribution in [0.15, 0.2) is 35.3 Å². The Hall–Kier alpha value is -3.37. The minimum absolute atomic E-state index is 0.108. The predicted molar refractivity (Wildman–Crippen MR) is 141 cm³/mol. The summed E-state index contributed by atoms with van der Waals surface area (Å²) in [5.41, 5.74) is 1.20. The molecule has 0 saturated carbocycles. The van der Waals surface area contributed by atoms with Crippen molar-refractivity contribution >= 4 is 45.9 Å². The summed E-state index contributed by atoms with van der Waals surface area (Å²) in [6.07, 6.45) is 3.68. The molecule has 0 aliphatic carbocycles. The molecule has 1 fully saturated rings. The van der Waals surface area contributed by atoms with Crippen LogP contribution in [-0.4, -0.2) is 60.4 Å². The molecule has 0 bridgehead atoms. The minimum atomic E-state index is -0.318. The summed E-state index contributed by atoms with van der Waals surface area (Å²) in [5.74, 6) is 0.888. The Kier molecular flexibility index (Phi) is 7.95. The van der Waals surface area contributed by atoms with Crippen molar-refractivity contribution in [3.05, 3.63) is 45.8 Å². The summed E-state index contributed by atoms with van der Waals surface area (Å²) in [6.45, 7) is 5.22. The van der Waals surface area contributed by atoms with Gasteiger partial charge >= 0.3 is 0 Å². The first-order valence-electron chi connectivity index (χ1n) is 11.9. The van der Waals surface area contributed by atoms with E-state index in [9.17, 15) is 9.59 Å². The van der Waals surface area contributed by atoms with Crippen LogP contribution in [0.5, 0.6) is 5.75 Å². The molecule has 0 spiro atoms. The lowest BCUT2D eigenvalue weighted by atomic mass is 10.1. The fourth-order valence-electron chi connectivity index (χ4n) is 4.26. The number of ether oxygens (including phenoxy) is 2. The maximum Gasteiger partial charge on any atom is 0.293 e. The summed E-state index contributed by atoms with van der Waals surface area (Å²) in [5, 5.41) is 6.93. The second kappa shape index (κ2) is 11.1. The Morgan fingerprint density at radius 3 is 2.67 bits per heavy atom. The van der Waals surface area contributed by atoms with E-state index in [1.165, 1.54) is 7.05 Å². The van der Waals surface area contributed by atoms with Gasteiger partial charge in [0.15, 0.2) is 18.2 Å². The number of aromatic nitrogens is 3. The van der Waals surface area contributed by atoms with Crippen LogP contribution in [0, 0.1) is 0 Å². The third-order valence-electron chi connectivity index (χ3n) is 6.21. The summed E-state index contributed by atoms with van der Waals surface area (Å²) in [6, 6.07) is 7.17. The first-order chi connectivity index (χ1) is 17.3. The van der Waals surface area contributed by atoms with Gasteiger partial charge in [0.1, 0.15) is 5.02 Å². The van der Waals surface area contributed by atoms with Gasteiger partial charge in [0.25, 0.3) is 11.5 Å². The van der Waals surface area contributed by atoms with Gasteiger partial charge in [0.05, 0.1) is 17.8 Å². The number of amides is 1.